The first kappa shape index (κ1) is 11.6. The predicted octanol–water partition coefficient (Wildman–Crippen LogP) is 1.38. The summed E-state index contributed by atoms with van der Waals surface area (Å²) in [6.45, 7) is 0. The molecular weight excluding hydrogens is 236 g/mol. The van der Waals surface area contributed by atoms with Crippen LogP contribution >= 0.6 is 12.2 Å². The van der Waals surface area contributed by atoms with Crippen molar-refractivity contribution in [3.8, 4) is 5.75 Å². The maximum atomic E-state index is 11.6. The second-order valence-corrected chi connectivity index (χ2v) is 4.01. The number of likely N-dealkylation sites (N-methyl/N-ethyl adjacent to an activating group) is 1. The monoisotopic (exact) mass is 248 g/mol. The highest BCUT2D eigenvalue weighted by Gasteiger charge is 2.26. The Labute approximate surface area is 105 Å². The third kappa shape index (κ3) is 2.29. The number of benzene rings is 1. The van der Waals surface area contributed by atoms with E-state index in [0.29, 0.717) is 10.8 Å². The van der Waals surface area contributed by atoms with E-state index in [2.05, 4.69) is 5.32 Å². The van der Waals surface area contributed by atoms with Gasteiger partial charge in [-0.25, -0.2) is 0 Å². The molecule has 88 valence electrons. The molecule has 1 aliphatic heterocycles. The van der Waals surface area contributed by atoms with Crippen LogP contribution in [0.2, 0.25) is 0 Å². The molecule has 1 aromatic rings. The SMILES string of the molecule is COc1ccc(/C=C2/C(=O)NC(=S)N2C)cc1. The first-order chi connectivity index (χ1) is 8.11. The summed E-state index contributed by atoms with van der Waals surface area (Å²) in [5.41, 5.74) is 1.47. The van der Waals surface area contributed by atoms with E-state index >= 15 is 0 Å². The Hall–Kier alpha value is -1.88. The summed E-state index contributed by atoms with van der Waals surface area (Å²) in [7, 11) is 3.37. The molecule has 1 aliphatic rings. The average molecular weight is 248 g/mol. The molecule has 1 amide bonds. The molecule has 0 saturated carbocycles. The molecule has 0 atom stereocenters. The van der Waals surface area contributed by atoms with Gasteiger partial charge in [0.05, 0.1) is 7.11 Å². The van der Waals surface area contributed by atoms with Crippen molar-refractivity contribution in [1.29, 1.82) is 0 Å². The number of ether oxygens (including phenoxy) is 1. The van der Waals surface area contributed by atoms with Crippen LogP contribution in [0, 0.1) is 0 Å². The van der Waals surface area contributed by atoms with Gasteiger partial charge in [0, 0.05) is 7.05 Å². The maximum Gasteiger partial charge on any atom is 0.274 e. The maximum absolute atomic E-state index is 11.6. The number of methoxy groups -OCH3 is 1. The topological polar surface area (TPSA) is 41.6 Å². The van der Waals surface area contributed by atoms with Crippen LogP contribution in [0.3, 0.4) is 0 Å². The van der Waals surface area contributed by atoms with Crippen LogP contribution in [0.15, 0.2) is 30.0 Å². The van der Waals surface area contributed by atoms with Gasteiger partial charge >= 0.3 is 0 Å². The molecule has 0 radical (unpaired) electrons. The molecule has 4 nitrogen and oxygen atoms in total. The van der Waals surface area contributed by atoms with Crippen molar-refractivity contribution in [1.82, 2.24) is 10.2 Å². The van der Waals surface area contributed by atoms with Gasteiger partial charge in [-0.15, -0.1) is 0 Å². The lowest BCUT2D eigenvalue weighted by Crippen LogP contribution is -2.23. The van der Waals surface area contributed by atoms with E-state index in [1.807, 2.05) is 24.3 Å². The molecule has 1 aromatic carbocycles. The molecule has 1 fully saturated rings. The van der Waals surface area contributed by atoms with Crippen molar-refractivity contribution in [3.63, 3.8) is 0 Å². The van der Waals surface area contributed by atoms with E-state index in [-0.39, 0.29) is 5.91 Å². The van der Waals surface area contributed by atoms with Gasteiger partial charge in [-0.2, -0.15) is 0 Å². The lowest BCUT2D eigenvalue weighted by atomic mass is 10.2. The third-order valence-corrected chi connectivity index (χ3v) is 2.91. The number of amides is 1. The van der Waals surface area contributed by atoms with Crippen molar-refractivity contribution in [2.24, 2.45) is 0 Å². The van der Waals surface area contributed by atoms with Crippen molar-refractivity contribution in [2.75, 3.05) is 14.2 Å². The molecule has 1 heterocycles. The average Bonchev–Trinajstić information content (AvgIpc) is 2.57. The van der Waals surface area contributed by atoms with Crippen molar-refractivity contribution in [3.05, 3.63) is 35.5 Å². The molecular formula is C12H12N2O2S. The van der Waals surface area contributed by atoms with Gasteiger partial charge in [0.25, 0.3) is 5.91 Å². The smallest absolute Gasteiger partial charge is 0.274 e. The van der Waals surface area contributed by atoms with Gasteiger partial charge in [-0.3, -0.25) is 10.1 Å². The first-order valence-corrected chi connectivity index (χ1v) is 5.47. The quantitative estimate of drug-likeness (QED) is 0.634. The summed E-state index contributed by atoms with van der Waals surface area (Å²) in [4.78, 5) is 13.2. The van der Waals surface area contributed by atoms with Gasteiger partial charge in [-0.05, 0) is 36.0 Å². The summed E-state index contributed by atoms with van der Waals surface area (Å²) >= 11 is 4.98. The fourth-order valence-corrected chi connectivity index (χ4v) is 1.72. The number of nitrogens with zero attached hydrogens (tertiary/aromatic N) is 1. The minimum absolute atomic E-state index is 0.173. The Morgan fingerprint density at radius 3 is 2.47 bits per heavy atom. The molecule has 1 N–H and O–H groups in total. The number of rotatable bonds is 2. The predicted molar refractivity (Wildman–Crippen MR) is 69.5 cm³/mol. The van der Waals surface area contributed by atoms with Crippen LogP contribution in [-0.2, 0) is 4.79 Å². The highest BCUT2D eigenvalue weighted by Crippen LogP contribution is 2.17. The van der Waals surface area contributed by atoms with E-state index in [1.165, 1.54) is 0 Å². The second kappa shape index (κ2) is 4.55. The fourth-order valence-electron chi connectivity index (χ4n) is 1.53. The van der Waals surface area contributed by atoms with Crippen LogP contribution in [0.4, 0.5) is 0 Å². The molecule has 17 heavy (non-hydrogen) atoms. The van der Waals surface area contributed by atoms with Crippen molar-refractivity contribution < 1.29 is 9.53 Å². The van der Waals surface area contributed by atoms with Gasteiger partial charge in [0.15, 0.2) is 5.11 Å². The lowest BCUT2D eigenvalue weighted by molar-refractivity contribution is -0.115. The number of hydrogen-bond acceptors (Lipinski definition) is 3. The largest absolute Gasteiger partial charge is 0.497 e. The minimum Gasteiger partial charge on any atom is -0.497 e. The highest BCUT2D eigenvalue weighted by molar-refractivity contribution is 7.80. The van der Waals surface area contributed by atoms with E-state index < -0.39 is 0 Å². The van der Waals surface area contributed by atoms with Crippen molar-refractivity contribution in [2.45, 2.75) is 0 Å². The molecule has 0 bridgehead atoms. The van der Waals surface area contributed by atoms with Crippen LogP contribution in [-0.4, -0.2) is 30.1 Å². The zero-order valence-electron chi connectivity index (χ0n) is 9.56. The number of hydrogen-bond donors (Lipinski definition) is 1. The Morgan fingerprint density at radius 1 is 1.35 bits per heavy atom. The molecule has 1 saturated heterocycles. The van der Waals surface area contributed by atoms with Gasteiger partial charge < -0.3 is 9.64 Å². The van der Waals surface area contributed by atoms with Crippen LogP contribution < -0.4 is 10.1 Å². The number of carbonyl (C=O) groups excluding carboxylic acids is 1. The third-order valence-electron chi connectivity index (χ3n) is 2.54. The minimum atomic E-state index is -0.173. The summed E-state index contributed by atoms with van der Waals surface area (Å²) in [5, 5.41) is 3.01. The Kier molecular flexibility index (Phi) is 3.10. The molecule has 0 aliphatic carbocycles. The van der Waals surface area contributed by atoms with Gasteiger partial charge in [0.1, 0.15) is 11.4 Å². The number of carbonyl (C=O) groups is 1. The van der Waals surface area contributed by atoms with Crippen LogP contribution in [0.5, 0.6) is 5.75 Å². The number of nitrogens with one attached hydrogen (secondary N) is 1. The van der Waals surface area contributed by atoms with E-state index in [9.17, 15) is 4.79 Å². The van der Waals surface area contributed by atoms with Gasteiger partial charge in [0.2, 0.25) is 0 Å². The van der Waals surface area contributed by atoms with E-state index in [4.69, 9.17) is 17.0 Å². The summed E-state index contributed by atoms with van der Waals surface area (Å²) in [5.74, 6) is 0.611. The lowest BCUT2D eigenvalue weighted by Gasteiger charge is -2.09. The zero-order chi connectivity index (χ0) is 12.4. The molecule has 5 heteroatoms. The van der Waals surface area contributed by atoms with Crippen LogP contribution in [0.25, 0.3) is 6.08 Å². The Morgan fingerprint density at radius 2 is 2.00 bits per heavy atom. The van der Waals surface area contributed by atoms with E-state index in [0.717, 1.165) is 11.3 Å². The Balaban J connectivity index is 2.29. The normalized spacial score (nSPS) is 17.5. The molecule has 0 spiro atoms. The number of thiocarbonyl (C=S) groups is 1. The highest BCUT2D eigenvalue weighted by atomic mass is 32.1. The second-order valence-electron chi connectivity index (χ2n) is 3.62. The van der Waals surface area contributed by atoms with Crippen LogP contribution in [0.1, 0.15) is 5.56 Å². The Bertz CT molecular complexity index is 494. The summed E-state index contributed by atoms with van der Waals surface area (Å²) < 4.78 is 5.07. The molecule has 0 unspecified atom stereocenters. The summed E-state index contributed by atoms with van der Waals surface area (Å²) in [6, 6.07) is 7.46. The van der Waals surface area contributed by atoms with Crippen molar-refractivity contribution >= 4 is 29.3 Å². The van der Waals surface area contributed by atoms with Gasteiger partial charge in [-0.1, -0.05) is 12.1 Å². The first-order valence-electron chi connectivity index (χ1n) is 5.06. The van der Waals surface area contributed by atoms with E-state index in [1.54, 1.807) is 25.1 Å². The standard InChI is InChI=1S/C12H12N2O2S/c1-14-10(11(15)13-12(14)17)7-8-3-5-9(16-2)6-4-8/h3-7H,1-2H3,(H,13,15,17)/b10-7-. The fraction of sp³-hybridized carbons (Fsp3) is 0.167. The summed E-state index contributed by atoms with van der Waals surface area (Å²) in [6.07, 6.45) is 1.79. The molecule has 0 aromatic heterocycles. The zero-order valence-corrected chi connectivity index (χ0v) is 10.4. The molecule has 2 rings (SSSR count).